The van der Waals surface area contributed by atoms with Crippen LogP contribution in [-0.2, 0) is 12.8 Å². The first kappa shape index (κ1) is 13.7. The maximum absolute atomic E-state index is 5.66. The molecule has 2 nitrogen and oxygen atoms in total. The van der Waals surface area contributed by atoms with E-state index in [1.54, 1.807) is 11.3 Å². The number of rotatable bonds is 5. The van der Waals surface area contributed by atoms with Gasteiger partial charge < -0.3 is 0 Å². The minimum Gasteiger partial charge on any atom is -0.271 e. The molecular formula is C14H17BrN2S. The largest absolute Gasteiger partial charge is 0.271 e. The maximum atomic E-state index is 5.66. The van der Waals surface area contributed by atoms with Gasteiger partial charge >= 0.3 is 0 Å². The molecule has 0 saturated heterocycles. The van der Waals surface area contributed by atoms with Crippen molar-refractivity contribution in [3.63, 3.8) is 0 Å². The molecule has 1 atom stereocenters. The summed E-state index contributed by atoms with van der Waals surface area (Å²) in [7, 11) is 0. The zero-order chi connectivity index (χ0) is 13.0. The second-order valence-electron chi connectivity index (χ2n) is 4.49. The van der Waals surface area contributed by atoms with Crippen LogP contribution >= 0.6 is 27.3 Å². The van der Waals surface area contributed by atoms with E-state index < -0.39 is 0 Å². The number of nitrogens with one attached hydrogen (secondary N) is 1. The van der Waals surface area contributed by atoms with Gasteiger partial charge in [0.15, 0.2) is 0 Å². The number of hydrogen-bond acceptors (Lipinski definition) is 3. The molecule has 0 amide bonds. The molecule has 0 saturated carbocycles. The molecule has 0 aliphatic heterocycles. The predicted octanol–water partition coefficient (Wildman–Crippen LogP) is 3.44. The summed E-state index contributed by atoms with van der Waals surface area (Å²) < 4.78 is 1.15. The topological polar surface area (TPSA) is 38.0 Å². The summed E-state index contributed by atoms with van der Waals surface area (Å²) in [5.41, 5.74) is 5.54. The first-order valence-electron chi connectivity index (χ1n) is 5.92. The molecule has 3 N–H and O–H groups in total. The van der Waals surface area contributed by atoms with Crippen LogP contribution in [0.4, 0.5) is 0 Å². The van der Waals surface area contributed by atoms with Crippen molar-refractivity contribution in [3.05, 3.63) is 56.2 Å². The summed E-state index contributed by atoms with van der Waals surface area (Å²) in [4.78, 5) is 1.34. The minimum absolute atomic E-state index is 0.275. The highest BCUT2D eigenvalue weighted by molar-refractivity contribution is 9.10. The second-order valence-corrected chi connectivity index (χ2v) is 6.40. The quantitative estimate of drug-likeness (QED) is 0.653. The van der Waals surface area contributed by atoms with Gasteiger partial charge in [-0.2, -0.15) is 0 Å². The van der Waals surface area contributed by atoms with Crippen molar-refractivity contribution in [3.8, 4) is 0 Å². The van der Waals surface area contributed by atoms with Crippen LogP contribution < -0.4 is 11.3 Å². The van der Waals surface area contributed by atoms with Crippen LogP contribution in [0, 0.1) is 6.92 Å². The number of benzene rings is 1. The summed E-state index contributed by atoms with van der Waals surface area (Å²) in [6.07, 6.45) is 1.91. The zero-order valence-electron chi connectivity index (χ0n) is 10.3. The number of nitrogens with two attached hydrogens (primary N) is 1. The smallest absolute Gasteiger partial charge is 0.0299 e. The average Bonchev–Trinajstić information content (AvgIpc) is 2.74. The van der Waals surface area contributed by atoms with E-state index in [1.165, 1.54) is 16.0 Å². The van der Waals surface area contributed by atoms with Crippen LogP contribution in [-0.4, -0.2) is 6.04 Å². The average molecular weight is 325 g/mol. The van der Waals surface area contributed by atoms with Crippen molar-refractivity contribution >= 4 is 27.3 Å². The van der Waals surface area contributed by atoms with E-state index in [9.17, 15) is 0 Å². The van der Waals surface area contributed by atoms with Gasteiger partial charge in [0, 0.05) is 20.8 Å². The molecule has 0 spiro atoms. The molecule has 1 aromatic heterocycles. The van der Waals surface area contributed by atoms with E-state index in [4.69, 9.17) is 5.84 Å². The van der Waals surface area contributed by atoms with Crippen LogP contribution in [0.1, 0.15) is 16.0 Å². The van der Waals surface area contributed by atoms with Crippen LogP contribution in [0.2, 0.25) is 0 Å². The Morgan fingerprint density at radius 1 is 1.33 bits per heavy atom. The highest BCUT2D eigenvalue weighted by Gasteiger charge is 2.10. The Bertz CT molecular complexity index is 510. The van der Waals surface area contributed by atoms with E-state index in [1.807, 2.05) is 0 Å². The minimum atomic E-state index is 0.275. The van der Waals surface area contributed by atoms with E-state index in [-0.39, 0.29) is 6.04 Å². The molecule has 0 aliphatic carbocycles. The molecular weight excluding hydrogens is 308 g/mol. The number of thiophene rings is 1. The molecule has 18 heavy (non-hydrogen) atoms. The summed E-state index contributed by atoms with van der Waals surface area (Å²) in [5, 5.41) is 2.11. The zero-order valence-corrected chi connectivity index (χ0v) is 12.7. The fourth-order valence-corrected chi connectivity index (χ4v) is 3.55. The highest BCUT2D eigenvalue weighted by atomic mass is 79.9. The summed E-state index contributed by atoms with van der Waals surface area (Å²) in [6, 6.07) is 11.0. The highest BCUT2D eigenvalue weighted by Crippen LogP contribution is 2.21. The molecule has 0 aliphatic rings. The van der Waals surface area contributed by atoms with E-state index in [2.05, 4.69) is 64.0 Å². The lowest BCUT2D eigenvalue weighted by Gasteiger charge is -2.15. The summed E-state index contributed by atoms with van der Waals surface area (Å²) >= 11 is 5.24. The lowest BCUT2D eigenvalue weighted by atomic mass is 10.0. The van der Waals surface area contributed by atoms with Crippen LogP contribution in [0.25, 0.3) is 0 Å². The third-order valence-corrected chi connectivity index (χ3v) is 4.59. The predicted molar refractivity (Wildman–Crippen MR) is 81.7 cm³/mol. The maximum Gasteiger partial charge on any atom is 0.0299 e. The first-order chi connectivity index (χ1) is 8.67. The van der Waals surface area contributed by atoms with Gasteiger partial charge in [-0.1, -0.05) is 29.8 Å². The molecule has 1 aromatic carbocycles. The molecule has 4 heteroatoms. The summed E-state index contributed by atoms with van der Waals surface area (Å²) in [6.45, 7) is 2.12. The van der Waals surface area contributed by atoms with E-state index >= 15 is 0 Å². The SMILES string of the molecule is Cc1cccc(CC(Cc2cc(Br)cs2)NN)c1. The molecule has 2 aromatic rings. The van der Waals surface area contributed by atoms with E-state index in [0.717, 1.165) is 17.3 Å². The van der Waals surface area contributed by atoms with Crippen molar-refractivity contribution in [1.82, 2.24) is 5.43 Å². The Morgan fingerprint density at radius 3 is 2.78 bits per heavy atom. The van der Waals surface area contributed by atoms with Gasteiger partial charge in [-0.3, -0.25) is 11.3 Å². The van der Waals surface area contributed by atoms with Gasteiger partial charge in [0.1, 0.15) is 0 Å². The van der Waals surface area contributed by atoms with Crippen molar-refractivity contribution in [1.29, 1.82) is 0 Å². The molecule has 96 valence electrons. The Kier molecular flexibility index (Phi) is 4.95. The molecule has 0 radical (unpaired) electrons. The number of aryl methyl sites for hydroxylation is 1. The Morgan fingerprint density at radius 2 is 2.17 bits per heavy atom. The van der Waals surface area contributed by atoms with Crippen LogP contribution in [0.3, 0.4) is 0 Å². The van der Waals surface area contributed by atoms with Gasteiger partial charge in [0.25, 0.3) is 0 Å². The van der Waals surface area contributed by atoms with Crippen molar-refractivity contribution in [2.45, 2.75) is 25.8 Å². The summed E-state index contributed by atoms with van der Waals surface area (Å²) in [5.74, 6) is 5.66. The fourth-order valence-electron chi connectivity index (χ4n) is 2.02. The van der Waals surface area contributed by atoms with Crippen LogP contribution in [0.15, 0.2) is 40.2 Å². The van der Waals surface area contributed by atoms with E-state index in [0.29, 0.717) is 0 Å². The number of hydrogen-bond donors (Lipinski definition) is 2. The lowest BCUT2D eigenvalue weighted by molar-refractivity contribution is 0.525. The van der Waals surface area contributed by atoms with Gasteiger partial charge in [-0.05, 0) is 47.3 Å². The molecule has 2 rings (SSSR count). The van der Waals surface area contributed by atoms with Gasteiger partial charge in [0.05, 0.1) is 0 Å². The molecule has 1 unspecified atom stereocenters. The normalized spacial score (nSPS) is 12.6. The monoisotopic (exact) mass is 324 g/mol. The Balaban J connectivity index is 2.01. The number of halogens is 1. The number of hydrazine groups is 1. The standard InChI is InChI=1S/C14H17BrN2S/c1-10-3-2-4-11(5-10)6-13(17-16)8-14-7-12(15)9-18-14/h2-5,7,9,13,17H,6,8,16H2,1H3. The van der Waals surface area contributed by atoms with Crippen molar-refractivity contribution in [2.75, 3.05) is 0 Å². The molecule has 0 bridgehead atoms. The molecule has 1 heterocycles. The molecule has 0 fully saturated rings. The van der Waals surface area contributed by atoms with Crippen molar-refractivity contribution in [2.24, 2.45) is 5.84 Å². The second kappa shape index (κ2) is 6.48. The Hall–Kier alpha value is -0.680. The Labute approximate surface area is 120 Å². The van der Waals surface area contributed by atoms with Crippen LogP contribution in [0.5, 0.6) is 0 Å². The van der Waals surface area contributed by atoms with Gasteiger partial charge in [-0.15, -0.1) is 11.3 Å². The van der Waals surface area contributed by atoms with Crippen molar-refractivity contribution < 1.29 is 0 Å². The van der Waals surface area contributed by atoms with Gasteiger partial charge in [-0.25, -0.2) is 0 Å². The fraction of sp³-hybridized carbons (Fsp3) is 0.286. The first-order valence-corrected chi connectivity index (χ1v) is 7.59. The third-order valence-electron chi connectivity index (χ3n) is 2.87. The van der Waals surface area contributed by atoms with Gasteiger partial charge in [0.2, 0.25) is 0 Å². The lowest BCUT2D eigenvalue weighted by Crippen LogP contribution is -2.38. The third kappa shape index (κ3) is 3.92.